The van der Waals surface area contributed by atoms with Gasteiger partial charge in [-0.15, -0.1) is 5.10 Å². The fourth-order valence-corrected chi connectivity index (χ4v) is 3.31. The Morgan fingerprint density at radius 1 is 1.27 bits per heavy atom. The molecule has 1 aliphatic heterocycles. The lowest BCUT2D eigenvalue weighted by molar-refractivity contribution is -0.130. The highest BCUT2D eigenvalue weighted by Gasteiger charge is 2.36. The first-order valence-corrected chi connectivity index (χ1v) is 11.7. The Bertz CT molecular complexity index is 1260. The number of amides is 1. The van der Waals surface area contributed by atoms with Crippen LogP contribution in [0.2, 0.25) is 10.0 Å². The first-order valence-electron chi connectivity index (χ1n) is 10.9. The fourth-order valence-electron chi connectivity index (χ4n) is 3.01. The molecule has 2 aromatic carbocycles. The number of carbonyl (C=O) groups is 1. The van der Waals surface area contributed by atoms with Crippen molar-refractivity contribution in [3.8, 4) is 11.9 Å². The number of rotatable bonds is 7. The Balaban J connectivity index is 2.00. The van der Waals surface area contributed by atoms with Crippen molar-refractivity contribution < 1.29 is 18.3 Å². The molecule has 37 heavy (non-hydrogen) atoms. The molecule has 0 saturated heterocycles. The molecular formula is C23H24Cl2F2N8O2. The van der Waals surface area contributed by atoms with Gasteiger partial charge in [0.25, 0.3) is 5.91 Å². The van der Waals surface area contributed by atoms with Gasteiger partial charge in [-0.1, -0.05) is 43.1 Å². The van der Waals surface area contributed by atoms with Gasteiger partial charge < -0.3 is 10.5 Å². The summed E-state index contributed by atoms with van der Waals surface area (Å²) in [6, 6.07) is 10.4. The van der Waals surface area contributed by atoms with Crippen molar-refractivity contribution >= 4 is 46.6 Å². The third kappa shape index (κ3) is 6.76. The van der Waals surface area contributed by atoms with Gasteiger partial charge in [-0.05, 0) is 43.2 Å². The average Bonchev–Trinajstić information content (AvgIpc) is 3.24. The highest BCUT2D eigenvalue weighted by molar-refractivity contribution is 6.42. The first kappa shape index (κ1) is 27.9. The van der Waals surface area contributed by atoms with Crippen molar-refractivity contribution in [3.63, 3.8) is 0 Å². The first-order chi connectivity index (χ1) is 17.4. The van der Waals surface area contributed by atoms with E-state index < -0.39 is 18.1 Å². The maximum absolute atomic E-state index is 13.0. The van der Waals surface area contributed by atoms with Crippen molar-refractivity contribution in [2.45, 2.75) is 32.9 Å². The third-order valence-corrected chi connectivity index (χ3v) is 6.28. The number of nitrogens with zero attached hydrogens (tertiary/aromatic N) is 5. The van der Waals surface area contributed by atoms with Crippen LogP contribution < -0.4 is 21.2 Å². The number of nitriles is 1. The maximum atomic E-state index is 13.0. The molecule has 4 N–H and O–H groups in total. The summed E-state index contributed by atoms with van der Waals surface area (Å²) in [6.07, 6.45) is 1.77. The second-order valence-corrected chi connectivity index (χ2v) is 9.26. The van der Waals surface area contributed by atoms with Gasteiger partial charge in [0, 0.05) is 11.6 Å². The number of carbonyl (C=O) groups excluding carboxylic acids is 1. The van der Waals surface area contributed by atoms with Gasteiger partial charge in [-0.2, -0.15) is 14.0 Å². The van der Waals surface area contributed by atoms with Crippen LogP contribution in [0.1, 0.15) is 26.3 Å². The zero-order valence-corrected chi connectivity index (χ0v) is 21.6. The number of hydrogen-bond donors (Lipinski definition) is 3. The zero-order chi connectivity index (χ0) is 27.3. The summed E-state index contributed by atoms with van der Waals surface area (Å²) in [7, 11) is 0. The lowest BCUT2D eigenvalue weighted by Crippen LogP contribution is -2.60. The molecule has 0 aliphatic carbocycles. The number of benzene rings is 2. The van der Waals surface area contributed by atoms with E-state index in [1.807, 2.05) is 13.8 Å². The minimum absolute atomic E-state index is 0.0506. The highest BCUT2D eigenvalue weighted by atomic mass is 35.5. The van der Waals surface area contributed by atoms with Gasteiger partial charge >= 0.3 is 6.61 Å². The molecule has 1 aliphatic rings. The molecule has 2 aromatic rings. The van der Waals surface area contributed by atoms with E-state index in [9.17, 15) is 18.8 Å². The molecule has 10 nitrogen and oxygen atoms in total. The summed E-state index contributed by atoms with van der Waals surface area (Å²) in [5.74, 6) is -0.560. The normalized spacial score (nSPS) is 15.4. The van der Waals surface area contributed by atoms with Gasteiger partial charge in [0.1, 0.15) is 12.4 Å². The SMILES string of the molecule is CC(C)C(C)(N)C(=O)NN1CN(C(=Nc2cccc(OC(F)F)c2)NC#N)N=C1c1ccc(Cl)c(Cl)c1. The summed E-state index contributed by atoms with van der Waals surface area (Å²) < 4.78 is 29.6. The molecule has 3 rings (SSSR count). The Kier molecular flexibility index (Phi) is 8.75. The smallest absolute Gasteiger partial charge is 0.387 e. The average molecular weight is 553 g/mol. The second kappa shape index (κ2) is 11.6. The molecule has 0 bridgehead atoms. The van der Waals surface area contributed by atoms with E-state index in [1.54, 1.807) is 31.3 Å². The molecule has 1 atom stereocenters. The van der Waals surface area contributed by atoms with Gasteiger partial charge in [-0.3, -0.25) is 15.5 Å². The van der Waals surface area contributed by atoms with Gasteiger partial charge in [-0.25, -0.2) is 15.0 Å². The number of alkyl halides is 2. The Morgan fingerprint density at radius 2 is 2.00 bits per heavy atom. The molecule has 0 aromatic heterocycles. The summed E-state index contributed by atoms with van der Waals surface area (Å²) in [6.45, 7) is 2.14. The molecule has 14 heteroatoms. The number of guanidine groups is 1. The molecule has 1 unspecified atom stereocenters. The largest absolute Gasteiger partial charge is 0.435 e. The van der Waals surface area contributed by atoms with Crippen LogP contribution in [0.4, 0.5) is 14.5 Å². The zero-order valence-electron chi connectivity index (χ0n) is 20.0. The van der Waals surface area contributed by atoms with Crippen LogP contribution in [0.3, 0.4) is 0 Å². The lowest BCUT2D eigenvalue weighted by atomic mass is 9.89. The lowest BCUT2D eigenvalue weighted by Gasteiger charge is -2.31. The van der Waals surface area contributed by atoms with Crippen LogP contribution in [0.25, 0.3) is 0 Å². The van der Waals surface area contributed by atoms with E-state index in [4.69, 9.17) is 28.9 Å². The third-order valence-electron chi connectivity index (χ3n) is 5.54. The van der Waals surface area contributed by atoms with Crippen molar-refractivity contribution in [1.82, 2.24) is 20.8 Å². The number of hydrazone groups is 1. The number of halogens is 4. The molecule has 0 saturated carbocycles. The van der Waals surface area contributed by atoms with Crippen molar-refractivity contribution in [1.29, 1.82) is 5.26 Å². The van der Waals surface area contributed by atoms with Crippen molar-refractivity contribution in [2.24, 2.45) is 21.7 Å². The Morgan fingerprint density at radius 3 is 2.62 bits per heavy atom. The van der Waals surface area contributed by atoms with Crippen molar-refractivity contribution in [3.05, 3.63) is 58.1 Å². The van der Waals surface area contributed by atoms with Crippen LogP contribution in [-0.4, -0.2) is 46.5 Å². The Hall–Kier alpha value is -3.66. The predicted octanol–water partition coefficient (Wildman–Crippen LogP) is 3.99. The van der Waals surface area contributed by atoms with E-state index in [1.165, 1.54) is 34.3 Å². The molecule has 1 heterocycles. The number of aliphatic imine (C=N–C) groups is 1. The van der Waals surface area contributed by atoms with E-state index in [-0.39, 0.29) is 40.8 Å². The van der Waals surface area contributed by atoms with Crippen molar-refractivity contribution in [2.75, 3.05) is 6.67 Å². The van der Waals surface area contributed by atoms with Crippen LogP contribution in [-0.2, 0) is 4.79 Å². The topological polar surface area (TPSA) is 131 Å². The van der Waals surface area contributed by atoms with Crippen LogP contribution in [0.5, 0.6) is 5.75 Å². The van der Waals surface area contributed by atoms with Crippen LogP contribution in [0.15, 0.2) is 52.6 Å². The molecule has 1 amide bonds. The number of amidine groups is 1. The number of hydrogen-bond acceptors (Lipinski definition) is 7. The monoisotopic (exact) mass is 552 g/mol. The summed E-state index contributed by atoms with van der Waals surface area (Å²) in [5.41, 5.74) is 8.49. The number of hydrazine groups is 1. The minimum Gasteiger partial charge on any atom is -0.435 e. The van der Waals surface area contributed by atoms with E-state index in [0.29, 0.717) is 10.6 Å². The minimum atomic E-state index is -3.01. The second-order valence-electron chi connectivity index (χ2n) is 8.45. The quantitative estimate of drug-likeness (QED) is 0.205. The summed E-state index contributed by atoms with van der Waals surface area (Å²) in [5, 5.41) is 19.5. The fraction of sp³-hybridized carbons (Fsp3) is 0.304. The van der Waals surface area contributed by atoms with Crippen LogP contribution in [0, 0.1) is 17.4 Å². The number of nitrogens with two attached hydrogens (primary N) is 1. The molecule has 196 valence electrons. The molecule has 0 radical (unpaired) electrons. The Labute approximate surface area is 222 Å². The van der Waals surface area contributed by atoms with Gasteiger partial charge in [0.2, 0.25) is 5.96 Å². The van der Waals surface area contributed by atoms with Crippen LogP contribution >= 0.6 is 23.2 Å². The maximum Gasteiger partial charge on any atom is 0.387 e. The summed E-state index contributed by atoms with van der Waals surface area (Å²) in [4.78, 5) is 17.3. The van der Waals surface area contributed by atoms with E-state index in [0.717, 1.165) is 0 Å². The van der Waals surface area contributed by atoms with Gasteiger partial charge in [0.05, 0.1) is 21.3 Å². The standard InChI is InChI=1S/C23H24Cl2F2N8O2/c1-13(2)23(3,29)20(36)33-34-12-35(32-19(34)14-7-8-17(24)18(25)9-14)22(30-11-28)31-15-5-4-6-16(10-15)37-21(26)27/h4-10,13,21H,12,29H2,1-3H3,(H,30,31)(H,33,36). The summed E-state index contributed by atoms with van der Waals surface area (Å²) >= 11 is 12.2. The predicted molar refractivity (Wildman–Crippen MR) is 136 cm³/mol. The number of ether oxygens (including phenoxy) is 1. The number of nitrogens with one attached hydrogen (secondary N) is 2. The highest BCUT2D eigenvalue weighted by Crippen LogP contribution is 2.26. The van der Waals surface area contributed by atoms with E-state index >= 15 is 0 Å². The molecule has 0 fully saturated rings. The van der Waals surface area contributed by atoms with E-state index in [2.05, 4.69) is 25.6 Å². The molecule has 0 spiro atoms. The van der Waals surface area contributed by atoms with Gasteiger partial charge in [0.15, 0.2) is 12.0 Å². The molecular weight excluding hydrogens is 529 g/mol.